The third-order valence-corrected chi connectivity index (χ3v) is 3.13. The number of piperidine rings is 1. The highest BCUT2D eigenvalue weighted by Gasteiger charge is 2.14. The summed E-state index contributed by atoms with van der Waals surface area (Å²) in [7, 11) is 0. The lowest BCUT2D eigenvalue weighted by Gasteiger charge is -2.23. The number of ether oxygens (including phenoxy) is 1. The molecule has 1 saturated heterocycles. The second-order valence-electron chi connectivity index (χ2n) is 5.08. The molecule has 5 nitrogen and oxygen atoms in total. The minimum Gasteiger partial charge on any atom is -0.476 e. The summed E-state index contributed by atoms with van der Waals surface area (Å²) in [6, 6.07) is 1.79. The molecule has 1 aliphatic heterocycles. The Labute approximate surface area is 107 Å². The van der Waals surface area contributed by atoms with Gasteiger partial charge in [-0.2, -0.15) is 4.98 Å². The van der Waals surface area contributed by atoms with Crippen LogP contribution in [-0.2, 0) is 0 Å². The summed E-state index contributed by atoms with van der Waals surface area (Å²) >= 11 is 0. The number of rotatable bonds is 4. The van der Waals surface area contributed by atoms with E-state index in [4.69, 9.17) is 4.74 Å². The zero-order valence-corrected chi connectivity index (χ0v) is 11.0. The first kappa shape index (κ1) is 13.1. The lowest BCUT2D eigenvalue weighted by Crippen LogP contribution is -2.38. The van der Waals surface area contributed by atoms with Crippen LogP contribution in [0.1, 0.15) is 44.9 Å². The molecule has 1 aliphatic rings. The first-order chi connectivity index (χ1) is 8.65. The molecule has 0 aromatic carbocycles. The van der Waals surface area contributed by atoms with Crippen molar-refractivity contribution in [2.75, 3.05) is 13.2 Å². The minimum absolute atomic E-state index is 0.152. The lowest BCUT2D eigenvalue weighted by atomic mass is 10.1. The van der Waals surface area contributed by atoms with Gasteiger partial charge >= 0.3 is 0 Å². The Kier molecular flexibility index (Phi) is 4.36. The van der Waals surface area contributed by atoms with E-state index < -0.39 is 0 Å². The quantitative estimate of drug-likeness (QED) is 0.849. The molecule has 1 fully saturated rings. The van der Waals surface area contributed by atoms with E-state index in [0.29, 0.717) is 24.4 Å². The molecule has 2 N–H and O–H groups in total. The number of hydrogen-bond acceptors (Lipinski definition) is 4. The van der Waals surface area contributed by atoms with Gasteiger partial charge < -0.3 is 15.0 Å². The zero-order valence-electron chi connectivity index (χ0n) is 11.0. The van der Waals surface area contributed by atoms with E-state index in [1.807, 2.05) is 13.8 Å². The normalized spacial score (nSPS) is 20.1. The first-order valence-corrected chi connectivity index (χ1v) is 6.62. The summed E-state index contributed by atoms with van der Waals surface area (Å²) in [5.41, 5.74) is -0.152. The molecule has 0 radical (unpaired) electrons. The van der Waals surface area contributed by atoms with Gasteiger partial charge in [0.2, 0.25) is 5.88 Å². The van der Waals surface area contributed by atoms with Gasteiger partial charge in [0.15, 0.2) is 0 Å². The van der Waals surface area contributed by atoms with Crippen LogP contribution >= 0.6 is 0 Å². The Bertz CT molecular complexity index is 436. The zero-order chi connectivity index (χ0) is 13.0. The number of nitrogens with one attached hydrogen (secondary N) is 2. The molecule has 2 heterocycles. The van der Waals surface area contributed by atoms with E-state index in [1.54, 1.807) is 0 Å². The van der Waals surface area contributed by atoms with Gasteiger partial charge in [-0.15, -0.1) is 0 Å². The molecule has 1 unspecified atom stereocenters. The molecule has 0 amide bonds. The molecule has 100 valence electrons. The highest BCUT2D eigenvalue weighted by Crippen LogP contribution is 2.12. The van der Waals surface area contributed by atoms with E-state index in [1.165, 1.54) is 18.9 Å². The summed E-state index contributed by atoms with van der Waals surface area (Å²) in [4.78, 5) is 18.5. The van der Waals surface area contributed by atoms with Crippen molar-refractivity contribution in [3.05, 3.63) is 22.2 Å². The fraction of sp³-hybridized carbons (Fsp3) is 0.692. The Hall–Kier alpha value is -1.36. The van der Waals surface area contributed by atoms with Gasteiger partial charge in [-0.25, -0.2) is 0 Å². The van der Waals surface area contributed by atoms with Gasteiger partial charge in [-0.1, -0.05) is 20.3 Å². The molecular weight excluding hydrogens is 230 g/mol. The predicted octanol–water partition coefficient (Wildman–Crippen LogP) is 1.41. The largest absolute Gasteiger partial charge is 0.476 e. The van der Waals surface area contributed by atoms with Crippen molar-refractivity contribution in [2.24, 2.45) is 0 Å². The topological polar surface area (TPSA) is 67.0 Å². The molecule has 1 aromatic rings. The van der Waals surface area contributed by atoms with Crippen LogP contribution in [0.15, 0.2) is 10.9 Å². The molecule has 0 aliphatic carbocycles. The average Bonchev–Trinajstić information content (AvgIpc) is 2.37. The molecule has 18 heavy (non-hydrogen) atoms. The van der Waals surface area contributed by atoms with Crippen LogP contribution in [0.2, 0.25) is 0 Å². The Balaban J connectivity index is 1.97. The van der Waals surface area contributed by atoms with Crippen molar-refractivity contribution in [1.29, 1.82) is 0 Å². The second-order valence-corrected chi connectivity index (χ2v) is 5.08. The SMILES string of the molecule is CC(C)c1nc(OCC2CCCCN2)cc(=O)[nH]1. The Morgan fingerprint density at radius 3 is 3.00 bits per heavy atom. The number of nitrogens with zero attached hydrogens (tertiary/aromatic N) is 1. The van der Waals surface area contributed by atoms with E-state index in [0.717, 1.165) is 13.0 Å². The van der Waals surface area contributed by atoms with Crippen LogP contribution in [0.3, 0.4) is 0 Å². The fourth-order valence-electron chi connectivity index (χ4n) is 2.05. The van der Waals surface area contributed by atoms with Crippen LogP contribution in [0.4, 0.5) is 0 Å². The molecule has 0 spiro atoms. The van der Waals surface area contributed by atoms with Gasteiger partial charge in [0.05, 0.1) is 6.07 Å². The average molecular weight is 251 g/mol. The van der Waals surface area contributed by atoms with Gasteiger partial charge in [0, 0.05) is 12.0 Å². The highest BCUT2D eigenvalue weighted by atomic mass is 16.5. The van der Waals surface area contributed by atoms with Crippen molar-refractivity contribution in [2.45, 2.75) is 45.1 Å². The number of H-pyrrole nitrogens is 1. The van der Waals surface area contributed by atoms with Gasteiger partial charge in [0.25, 0.3) is 5.56 Å². The van der Waals surface area contributed by atoms with Crippen molar-refractivity contribution < 1.29 is 4.74 Å². The van der Waals surface area contributed by atoms with Crippen LogP contribution in [-0.4, -0.2) is 29.2 Å². The summed E-state index contributed by atoms with van der Waals surface area (Å²) < 4.78 is 5.62. The van der Waals surface area contributed by atoms with Gasteiger partial charge in [-0.05, 0) is 19.4 Å². The van der Waals surface area contributed by atoms with E-state index >= 15 is 0 Å². The van der Waals surface area contributed by atoms with Crippen LogP contribution in [0.25, 0.3) is 0 Å². The lowest BCUT2D eigenvalue weighted by molar-refractivity contribution is 0.231. The van der Waals surface area contributed by atoms with Crippen molar-refractivity contribution in [1.82, 2.24) is 15.3 Å². The third-order valence-electron chi connectivity index (χ3n) is 3.13. The maximum atomic E-state index is 11.5. The Morgan fingerprint density at radius 1 is 1.50 bits per heavy atom. The second kappa shape index (κ2) is 6.00. The molecule has 2 rings (SSSR count). The Morgan fingerprint density at radius 2 is 2.33 bits per heavy atom. The summed E-state index contributed by atoms with van der Waals surface area (Å²) in [5, 5.41) is 3.40. The molecule has 1 aromatic heterocycles. The molecule has 0 saturated carbocycles. The number of aromatic amines is 1. The molecule has 1 atom stereocenters. The van der Waals surface area contributed by atoms with Gasteiger partial charge in [0.1, 0.15) is 12.4 Å². The van der Waals surface area contributed by atoms with Crippen molar-refractivity contribution >= 4 is 0 Å². The minimum atomic E-state index is -0.152. The third kappa shape index (κ3) is 3.57. The first-order valence-electron chi connectivity index (χ1n) is 6.62. The summed E-state index contributed by atoms with van der Waals surface area (Å²) in [6.07, 6.45) is 3.60. The monoisotopic (exact) mass is 251 g/mol. The fourth-order valence-corrected chi connectivity index (χ4v) is 2.05. The smallest absolute Gasteiger partial charge is 0.254 e. The molecule has 5 heteroatoms. The number of hydrogen-bond donors (Lipinski definition) is 2. The maximum absolute atomic E-state index is 11.5. The maximum Gasteiger partial charge on any atom is 0.254 e. The van der Waals surface area contributed by atoms with E-state index in [2.05, 4.69) is 15.3 Å². The molecule has 0 bridgehead atoms. The van der Waals surface area contributed by atoms with Crippen molar-refractivity contribution in [3.63, 3.8) is 0 Å². The van der Waals surface area contributed by atoms with E-state index in [-0.39, 0.29) is 11.5 Å². The van der Waals surface area contributed by atoms with Crippen LogP contribution in [0, 0.1) is 0 Å². The predicted molar refractivity (Wildman–Crippen MR) is 70.1 cm³/mol. The summed E-state index contributed by atoms with van der Waals surface area (Å²) in [5.74, 6) is 1.29. The molecular formula is C13H21N3O2. The standard InChI is InChI=1S/C13H21N3O2/c1-9(2)13-15-11(17)7-12(16-13)18-8-10-5-3-4-6-14-10/h7,9-10,14H,3-6,8H2,1-2H3,(H,15,16,17). The summed E-state index contributed by atoms with van der Waals surface area (Å²) in [6.45, 7) is 5.61. The van der Waals surface area contributed by atoms with Crippen molar-refractivity contribution in [3.8, 4) is 5.88 Å². The van der Waals surface area contributed by atoms with E-state index in [9.17, 15) is 4.79 Å². The highest BCUT2D eigenvalue weighted by molar-refractivity contribution is 5.10. The number of aromatic nitrogens is 2. The van der Waals surface area contributed by atoms with Gasteiger partial charge in [-0.3, -0.25) is 4.79 Å². The van der Waals surface area contributed by atoms with Crippen LogP contribution < -0.4 is 15.6 Å². The van der Waals surface area contributed by atoms with Crippen LogP contribution in [0.5, 0.6) is 5.88 Å².